The second kappa shape index (κ2) is 5.65. The van der Waals surface area contributed by atoms with Crippen molar-refractivity contribution >= 4 is 22.8 Å². The van der Waals surface area contributed by atoms with Gasteiger partial charge in [0.15, 0.2) is 0 Å². The monoisotopic (exact) mass is 328 g/mol. The fourth-order valence-corrected chi connectivity index (χ4v) is 3.33. The van der Waals surface area contributed by atoms with Crippen molar-refractivity contribution in [1.82, 2.24) is 9.88 Å². The Hall–Kier alpha value is -2.30. The van der Waals surface area contributed by atoms with Crippen molar-refractivity contribution in [2.75, 3.05) is 13.1 Å². The van der Waals surface area contributed by atoms with Gasteiger partial charge in [-0.25, -0.2) is 0 Å². The summed E-state index contributed by atoms with van der Waals surface area (Å²) < 4.78 is 0. The Balaban J connectivity index is 1.87. The van der Waals surface area contributed by atoms with Crippen LogP contribution in [0.3, 0.4) is 0 Å². The number of carboxylic acid groups (broad SMARTS) is 1. The molecule has 1 aromatic carbocycles. The van der Waals surface area contributed by atoms with E-state index < -0.39 is 11.9 Å². The Kier molecular flexibility index (Phi) is 3.90. The van der Waals surface area contributed by atoms with E-state index in [1.165, 1.54) is 5.56 Å². The summed E-state index contributed by atoms with van der Waals surface area (Å²) >= 11 is 0. The Labute approximate surface area is 141 Å². The fourth-order valence-electron chi connectivity index (χ4n) is 3.33. The molecule has 2 aromatic rings. The first kappa shape index (κ1) is 16.6. The molecule has 0 bridgehead atoms. The lowest BCUT2D eigenvalue weighted by atomic mass is 9.87. The number of hydrogen-bond donors (Lipinski definition) is 2. The first-order valence-corrected chi connectivity index (χ1v) is 8.32. The van der Waals surface area contributed by atoms with Gasteiger partial charge in [-0.1, -0.05) is 39.8 Å². The minimum Gasteiger partial charge on any atom is -0.481 e. The molecule has 1 aliphatic rings. The van der Waals surface area contributed by atoms with Gasteiger partial charge >= 0.3 is 5.97 Å². The summed E-state index contributed by atoms with van der Waals surface area (Å²) in [5.74, 6) is -1.46. The third-order valence-corrected chi connectivity index (χ3v) is 4.94. The van der Waals surface area contributed by atoms with Crippen LogP contribution in [0, 0.1) is 11.8 Å². The van der Waals surface area contributed by atoms with E-state index in [2.05, 4.69) is 37.9 Å². The number of aromatic nitrogens is 1. The number of H-pyrrole nitrogens is 1. The number of hydrogen-bond acceptors (Lipinski definition) is 2. The lowest BCUT2D eigenvalue weighted by Gasteiger charge is -2.18. The van der Waals surface area contributed by atoms with Crippen molar-refractivity contribution < 1.29 is 14.7 Å². The van der Waals surface area contributed by atoms with Gasteiger partial charge in [-0.2, -0.15) is 0 Å². The van der Waals surface area contributed by atoms with E-state index in [-0.39, 0.29) is 23.8 Å². The molecular weight excluding hydrogens is 304 g/mol. The molecule has 1 saturated heterocycles. The molecule has 5 heteroatoms. The Bertz CT molecular complexity index is 801. The summed E-state index contributed by atoms with van der Waals surface area (Å²) in [7, 11) is 0. The van der Waals surface area contributed by atoms with Gasteiger partial charge in [-0.3, -0.25) is 9.59 Å². The number of nitrogens with one attached hydrogen (secondary N) is 1. The highest BCUT2D eigenvalue weighted by atomic mass is 16.4. The SMILES string of the molecule is C[C@@H]1CN(C(=O)c2cc3ccc(C(C)(C)C)cc3[nH]2)C[C@H]1C(=O)O. The number of aromatic amines is 1. The van der Waals surface area contributed by atoms with Crippen molar-refractivity contribution in [3.8, 4) is 0 Å². The number of fused-ring (bicyclic) bond motifs is 1. The summed E-state index contributed by atoms with van der Waals surface area (Å²) in [4.78, 5) is 28.8. The topological polar surface area (TPSA) is 73.4 Å². The zero-order valence-corrected chi connectivity index (χ0v) is 14.6. The molecule has 0 radical (unpaired) electrons. The molecule has 2 N–H and O–H groups in total. The molecule has 128 valence electrons. The maximum Gasteiger partial charge on any atom is 0.308 e. The van der Waals surface area contributed by atoms with E-state index >= 15 is 0 Å². The van der Waals surface area contributed by atoms with Crippen molar-refractivity contribution in [3.63, 3.8) is 0 Å². The van der Waals surface area contributed by atoms with Crippen molar-refractivity contribution in [1.29, 1.82) is 0 Å². The minimum atomic E-state index is -0.829. The van der Waals surface area contributed by atoms with Gasteiger partial charge in [-0.15, -0.1) is 0 Å². The first-order chi connectivity index (χ1) is 11.2. The van der Waals surface area contributed by atoms with Gasteiger partial charge in [0.2, 0.25) is 0 Å². The van der Waals surface area contributed by atoms with Crippen LogP contribution in [0.15, 0.2) is 24.3 Å². The van der Waals surface area contributed by atoms with Crippen LogP contribution in [0.1, 0.15) is 43.7 Å². The summed E-state index contributed by atoms with van der Waals surface area (Å²) in [6.45, 7) is 9.10. The predicted molar refractivity (Wildman–Crippen MR) is 93.2 cm³/mol. The van der Waals surface area contributed by atoms with Gasteiger partial charge in [0.1, 0.15) is 5.69 Å². The standard InChI is InChI=1S/C19H24N2O3/c1-11-9-21(10-14(11)18(23)24)17(22)16-7-12-5-6-13(19(2,3)4)8-15(12)20-16/h5-8,11,14,20H,9-10H2,1-4H3,(H,23,24)/t11-,14-/m1/s1. The molecule has 24 heavy (non-hydrogen) atoms. The molecule has 0 unspecified atom stereocenters. The lowest BCUT2D eigenvalue weighted by Crippen LogP contribution is -2.30. The van der Waals surface area contributed by atoms with Gasteiger partial charge in [0, 0.05) is 24.0 Å². The fraction of sp³-hybridized carbons (Fsp3) is 0.474. The average Bonchev–Trinajstić information content (AvgIpc) is 3.08. The maximum absolute atomic E-state index is 12.7. The molecule has 3 rings (SSSR count). The first-order valence-electron chi connectivity index (χ1n) is 8.32. The average molecular weight is 328 g/mol. The van der Waals surface area contributed by atoms with Crippen molar-refractivity contribution in [2.45, 2.75) is 33.1 Å². The van der Waals surface area contributed by atoms with E-state index in [1.807, 2.05) is 19.1 Å². The summed E-state index contributed by atoms with van der Waals surface area (Å²) in [6.07, 6.45) is 0. The third-order valence-electron chi connectivity index (χ3n) is 4.94. The molecule has 2 heterocycles. The maximum atomic E-state index is 12.7. The zero-order chi connectivity index (χ0) is 17.6. The predicted octanol–water partition coefficient (Wildman–Crippen LogP) is 3.26. The van der Waals surface area contributed by atoms with Crippen LogP contribution in [0.5, 0.6) is 0 Å². The normalized spacial score (nSPS) is 21.4. The number of nitrogens with zero attached hydrogens (tertiary/aromatic N) is 1. The zero-order valence-electron chi connectivity index (χ0n) is 14.6. The van der Waals surface area contributed by atoms with Crippen molar-refractivity contribution in [2.24, 2.45) is 11.8 Å². The molecule has 1 aliphatic heterocycles. The second-order valence-electron chi connectivity index (χ2n) is 7.87. The van der Waals surface area contributed by atoms with Gasteiger partial charge in [0.25, 0.3) is 5.91 Å². The highest BCUT2D eigenvalue weighted by Crippen LogP contribution is 2.28. The molecule has 0 saturated carbocycles. The molecule has 0 aliphatic carbocycles. The number of amides is 1. The van der Waals surface area contributed by atoms with Crippen LogP contribution < -0.4 is 0 Å². The van der Waals surface area contributed by atoms with E-state index in [1.54, 1.807) is 4.90 Å². The number of carbonyl (C=O) groups is 2. The quantitative estimate of drug-likeness (QED) is 0.888. The molecule has 5 nitrogen and oxygen atoms in total. The highest BCUT2D eigenvalue weighted by Gasteiger charge is 2.37. The summed E-state index contributed by atoms with van der Waals surface area (Å²) in [6, 6.07) is 8.04. The highest BCUT2D eigenvalue weighted by molar-refractivity contribution is 5.98. The smallest absolute Gasteiger partial charge is 0.308 e. The van der Waals surface area contributed by atoms with Crippen LogP contribution in [0.25, 0.3) is 10.9 Å². The van der Waals surface area contributed by atoms with Crippen LogP contribution in [0.4, 0.5) is 0 Å². The Morgan fingerprint density at radius 2 is 1.92 bits per heavy atom. The van der Waals surface area contributed by atoms with Crippen LogP contribution >= 0.6 is 0 Å². The van der Waals surface area contributed by atoms with Crippen LogP contribution in [-0.4, -0.2) is 40.0 Å². The third kappa shape index (κ3) is 2.90. The summed E-state index contributed by atoms with van der Waals surface area (Å²) in [5.41, 5.74) is 2.71. The molecule has 1 aromatic heterocycles. The number of carbonyl (C=O) groups excluding carboxylic acids is 1. The van der Waals surface area contributed by atoms with Gasteiger partial charge in [-0.05, 0) is 29.0 Å². The molecule has 1 amide bonds. The number of aliphatic carboxylic acids is 1. The number of carboxylic acids is 1. The van der Waals surface area contributed by atoms with E-state index in [9.17, 15) is 14.7 Å². The molecular formula is C19H24N2O3. The largest absolute Gasteiger partial charge is 0.481 e. The van der Waals surface area contributed by atoms with Gasteiger partial charge < -0.3 is 15.0 Å². The number of rotatable bonds is 2. The molecule has 2 atom stereocenters. The summed E-state index contributed by atoms with van der Waals surface area (Å²) in [5, 5.41) is 10.2. The molecule has 0 spiro atoms. The van der Waals surface area contributed by atoms with Crippen molar-refractivity contribution in [3.05, 3.63) is 35.5 Å². The second-order valence-corrected chi connectivity index (χ2v) is 7.87. The number of likely N-dealkylation sites (tertiary alicyclic amines) is 1. The number of benzene rings is 1. The minimum absolute atomic E-state index is 0.0247. The van der Waals surface area contributed by atoms with Crippen LogP contribution in [-0.2, 0) is 10.2 Å². The lowest BCUT2D eigenvalue weighted by molar-refractivity contribution is -0.142. The van der Waals surface area contributed by atoms with E-state index in [0.717, 1.165) is 10.9 Å². The van der Waals surface area contributed by atoms with Crippen LogP contribution in [0.2, 0.25) is 0 Å². The Morgan fingerprint density at radius 3 is 2.50 bits per heavy atom. The molecule has 1 fully saturated rings. The van der Waals surface area contributed by atoms with E-state index in [4.69, 9.17) is 0 Å². The van der Waals surface area contributed by atoms with Gasteiger partial charge in [0.05, 0.1) is 5.92 Å². The Morgan fingerprint density at radius 1 is 1.21 bits per heavy atom. The van der Waals surface area contributed by atoms with E-state index in [0.29, 0.717) is 12.2 Å².